The SMILES string of the molecule is CN(C)C(=O)c1ccc(N2CCC(CCCNC(=O)OCc3ccccc3)CC2)nc1Cl. The van der Waals surface area contributed by atoms with Crippen LogP contribution in [-0.4, -0.2) is 55.6 Å². The minimum atomic E-state index is -0.372. The number of carbonyl (C=O) groups is 2. The summed E-state index contributed by atoms with van der Waals surface area (Å²) in [4.78, 5) is 32.1. The molecule has 1 fully saturated rings. The Hall–Kier alpha value is -2.80. The molecule has 0 aliphatic carbocycles. The van der Waals surface area contributed by atoms with Gasteiger partial charge in [-0.3, -0.25) is 4.79 Å². The van der Waals surface area contributed by atoms with Gasteiger partial charge in [0.1, 0.15) is 17.6 Å². The number of pyridine rings is 1. The van der Waals surface area contributed by atoms with Crippen LogP contribution in [0.2, 0.25) is 5.15 Å². The fourth-order valence-electron chi connectivity index (χ4n) is 3.81. The fraction of sp³-hybridized carbons (Fsp3) is 0.458. The van der Waals surface area contributed by atoms with Crippen LogP contribution in [0.4, 0.5) is 10.6 Å². The molecule has 32 heavy (non-hydrogen) atoms. The minimum absolute atomic E-state index is 0.148. The summed E-state index contributed by atoms with van der Waals surface area (Å²) in [5.41, 5.74) is 1.40. The predicted octanol–water partition coefficient (Wildman–Crippen LogP) is 4.36. The molecular formula is C24H31ClN4O3. The molecule has 2 heterocycles. The van der Waals surface area contributed by atoms with Crippen molar-refractivity contribution in [2.75, 3.05) is 38.6 Å². The summed E-state index contributed by atoms with van der Waals surface area (Å²) < 4.78 is 5.23. The van der Waals surface area contributed by atoms with E-state index >= 15 is 0 Å². The molecule has 1 aliphatic heterocycles. The molecule has 3 rings (SSSR count). The first-order valence-corrected chi connectivity index (χ1v) is 11.4. The number of hydrogen-bond donors (Lipinski definition) is 1. The molecule has 7 nitrogen and oxygen atoms in total. The number of benzene rings is 1. The maximum atomic E-state index is 12.1. The number of halogens is 1. The highest BCUT2D eigenvalue weighted by Gasteiger charge is 2.22. The highest BCUT2D eigenvalue weighted by molar-refractivity contribution is 6.32. The van der Waals surface area contributed by atoms with Crippen LogP contribution in [0, 0.1) is 5.92 Å². The Morgan fingerprint density at radius 3 is 2.53 bits per heavy atom. The van der Waals surface area contributed by atoms with Crippen LogP contribution < -0.4 is 10.2 Å². The van der Waals surface area contributed by atoms with E-state index in [1.807, 2.05) is 36.4 Å². The number of rotatable bonds is 8. The molecule has 0 spiro atoms. The molecule has 0 bridgehead atoms. The summed E-state index contributed by atoms with van der Waals surface area (Å²) in [6, 6.07) is 13.3. The van der Waals surface area contributed by atoms with Crippen molar-refractivity contribution in [1.82, 2.24) is 15.2 Å². The van der Waals surface area contributed by atoms with Gasteiger partial charge in [0.05, 0.1) is 5.56 Å². The third-order valence-corrected chi connectivity index (χ3v) is 5.97. The molecule has 1 N–H and O–H groups in total. The lowest BCUT2D eigenvalue weighted by molar-refractivity contribution is 0.0827. The lowest BCUT2D eigenvalue weighted by Gasteiger charge is -2.33. The van der Waals surface area contributed by atoms with Crippen LogP contribution >= 0.6 is 11.6 Å². The van der Waals surface area contributed by atoms with Gasteiger partial charge in [0, 0.05) is 33.7 Å². The minimum Gasteiger partial charge on any atom is -0.445 e. The van der Waals surface area contributed by atoms with Crippen molar-refractivity contribution in [3.8, 4) is 0 Å². The first kappa shape index (κ1) is 23.9. The summed E-state index contributed by atoms with van der Waals surface area (Å²) in [6.45, 7) is 2.71. The Bertz CT molecular complexity index is 899. The van der Waals surface area contributed by atoms with Crippen LogP contribution in [0.3, 0.4) is 0 Å². The van der Waals surface area contributed by atoms with E-state index in [9.17, 15) is 9.59 Å². The topological polar surface area (TPSA) is 74.8 Å². The number of ether oxygens (including phenoxy) is 1. The van der Waals surface area contributed by atoms with Gasteiger partial charge in [-0.2, -0.15) is 0 Å². The number of nitrogens with zero attached hydrogens (tertiary/aromatic N) is 3. The van der Waals surface area contributed by atoms with Gasteiger partial charge in [0.25, 0.3) is 5.91 Å². The first-order valence-electron chi connectivity index (χ1n) is 11.0. The highest BCUT2D eigenvalue weighted by Crippen LogP contribution is 2.27. The number of piperidine rings is 1. The van der Waals surface area contributed by atoms with E-state index in [0.717, 1.165) is 50.2 Å². The molecule has 1 aromatic heterocycles. The second-order valence-electron chi connectivity index (χ2n) is 8.27. The Morgan fingerprint density at radius 1 is 1.16 bits per heavy atom. The van der Waals surface area contributed by atoms with Crippen molar-refractivity contribution in [2.45, 2.75) is 32.3 Å². The number of anilines is 1. The Balaban J connectivity index is 1.34. The Labute approximate surface area is 194 Å². The zero-order chi connectivity index (χ0) is 22.9. The van der Waals surface area contributed by atoms with Crippen LogP contribution in [0.5, 0.6) is 0 Å². The molecular weight excluding hydrogens is 428 g/mol. The fourth-order valence-corrected chi connectivity index (χ4v) is 4.04. The molecule has 0 atom stereocenters. The molecule has 1 aliphatic rings. The standard InChI is InChI=1S/C24H31ClN4O3/c1-28(2)23(30)20-10-11-21(27-22(20)25)29-15-12-18(13-16-29)9-6-14-26-24(31)32-17-19-7-4-3-5-8-19/h3-5,7-8,10-11,18H,6,9,12-17H2,1-2H3,(H,26,31). The second-order valence-corrected chi connectivity index (χ2v) is 8.63. The Morgan fingerprint density at radius 2 is 1.88 bits per heavy atom. The van der Waals surface area contributed by atoms with Crippen molar-refractivity contribution in [2.24, 2.45) is 5.92 Å². The number of nitrogens with one attached hydrogen (secondary N) is 1. The van der Waals surface area contributed by atoms with Gasteiger partial charge in [-0.25, -0.2) is 9.78 Å². The quantitative estimate of drug-likeness (QED) is 0.470. The van der Waals surface area contributed by atoms with Crippen LogP contribution in [0.15, 0.2) is 42.5 Å². The third kappa shape index (κ3) is 6.85. The third-order valence-electron chi connectivity index (χ3n) is 5.68. The normalized spacial score (nSPS) is 14.2. The smallest absolute Gasteiger partial charge is 0.407 e. The van der Waals surface area contributed by atoms with E-state index in [1.165, 1.54) is 4.90 Å². The van der Waals surface area contributed by atoms with Crippen LogP contribution in [-0.2, 0) is 11.3 Å². The lowest BCUT2D eigenvalue weighted by Crippen LogP contribution is -2.34. The van der Waals surface area contributed by atoms with Crippen LogP contribution in [0.25, 0.3) is 0 Å². The summed E-state index contributed by atoms with van der Waals surface area (Å²) in [7, 11) is 3.39. The number of alkyl carbamates (subject to hydrolysis) is 1. The van der Waals surface area contributed by atoms with Gasteiger partial charge in [-0.15, -0.1) is 0 Å². The number of amides is 2. The van der Waals surface area contributed by atoms with E-state index in [2.05, 4.69) is 15.2 Å². The van der Waals surface area contributed by atoms with Gasteiger partial charge >= 0.3 is 6.09 Å². The van der Waals surface area contributed by atoms with Crippen LogP contribution in [0.1, 0.15) is 41.6 Å². The largest absolute Gasteiger partial charge is 0.445 e. The van der Waals surface area contributed by atoms with E-state index in [0.29, 0.717) is 18.0 Å². The molecule has 1 aromatic carbocycles. The van der Waals surface area contributed by atoms with Crippen molar-refractivity contribution in [3.63, 3.8) is 0 Å². The number of aromatic nitrogens is 1. The molecule has 0 saturated carbocycles. The van der Waals surface area contributed by atoms with E-state index < -0.39 is 0 Å². The summed E-state index contributed by atoms with van der Waals surface area (Å²) >= 11 is 6.25. The summed E-state index contributed by atoms with van der Waals surface area (Å²) in [6.07, 6.45) is 3.75. The van der Waals surface area contributed by atoms with E-state index in [-0.39, 0.29) is 23.8 Å². The maximum absolute atomic E-state index is 12.1. The molecule has 2 amide bonds. The Kier molecular flexibility index (Phi) is 8.73. The number of carbonyl (C=O) groups excluding carboxylic acids is 2. The van der Waals surface area contributed by atoms with Crippen molar-refractivity contribution >= 4 is 29.4 Å². The molecule has 0 unspecified atom stereocenters. The van der Waals surface area contributed by atoms with Gasteiger partial charge in [-0.1, -0.05) is 41.9 Å². The zero-order valence-corrected chi connectivity index (χ0v) is 19.5. The molecule has 8 heteroatoms. The first-order chi connectivity index (χ1) is 15.4. The van der Waals surface area contributed by atoms with E-state index in [1.54, 1.807) is 20.2 Å². The van der Waals surface area contributed by atoms with Gasteiger partial charge < -0.3 is 19.9 Å². The highest BCUT2D eigenvalue weighted by atomic mass is 35.5. The lowest BCUT2D eigenvalue weighted by atomic mass is 9.92. The van der Waals surface area contributed by atoms with Gasteiger partial charge in [0.2, 0.25) is 0 Å². The number of hydrogen-bond acceptors (Lipinski definition) is 5. The second kappa shape index (κ2) is 11.7. The predicted molar refractivity (Wildman–Crippen MR) is 126 cm³/mol. The molecule has 0 radical (unpaired) electrons. The average molecular weight is 459 g/mol. The van der Waals surface area contributed by atoms with Crippen molar-refractivity contribution < 1.29 is 14.3 Å². The van der Waals surface area contributed by atoms with Crippen molar-refractivity contribution in [1.29, 1.82) is 0 Å². The maximum Gasteiger partial charge on any atom is 0.407 e. The van der Waals surface area contributed by atoms with Crippen molar-refractivity contribution in [3.05, 3.63) is 58.7 Å². The summed E-state index contributed by atoms with van der Waals surface area (Å²) in [5, 5.41) is 3.07. The van der Waals surface area contributed by atoms with Gasteiger partial charge in [0.15, 0.2) is 0 Å². The molecule has 1 saturated heterocycles. The van der Waals surface area contributed by atoms with Gasteiger partial charge in [-0.05, 0) is 49.3 Å². The van der Waals surface area contributed by atoms with E-state index in [4.69, 9.17) is 16.3 Å². The summed E-state index contributed by atoms with van der Waals surface area (Å²) in [5.74, 6) is 1.29. The monoisotopic (exact) mass is 458 g/mol. The average Bonchev–Trinajstić information content (AvgIpc) is 2.81. The molecule has 2 aromatic rings. The zero-order valence-electron chi connectivity index (χ0n) is 18.7. The molecule has 172 valence electrons.